The molecule has 0 unspecified atom stereocenters. The topological polar surface area (TPSA) is 25.8 Å². The van der Waals surface area contributed by atoms with Gasteiger partial charge in [-0.2, -0.15) is 0 Å². The van der Waals surface area contributed by atoms with Crippen molar-refractivity contribution < 1.29 is 10.1 Å². The Hall–Kier alpha value is -0.730. The Balaban J connectivity index is 2.23. The van der Waals surface area contributed by atoms with E-state index >= 15 is 0 Å². The van der Waals surface area contributed by atoms with E-state index in [1.54, 1.807) is 0 Å². The third-order valence-electron chi connectivity index (χ3n) is 1.96. The predicted octanol–water partition coefficient (Wildman–Crippen LogP) is 2.08. The van der Waals surface area contributed by atoms with E-state index in [9.17, 15) is 0 Å². The third kappa shape index (κ3) is 5.65. The van der Waals surface area contributed by atoms with Crippen molar-refractivity contribution in [3.8, 4) is 5.75 Å². The first-order chi connectivity index (χ1) is 6.97. The molecule has 0 radical (unpaired) electrons. The van der Waals surface area contributed by atoms with Gasteiger partial charge in [0.1, 0.15) is 18.9 Å². The van der Waals surface area contributed by atoms with E-state index in [0.29, 0.717) is 0 Å². The fraction of sp³-hybridized carbons (Fsp3) is 0.500. The molecule has 0 saturated carbocycles. The fourth-order valence-corrected chi connectivity index (χ4v) is 1.33. The van der Waals surface area contributed by atoms with E-state index in [2.05, 4.69) is 26.1 Å². The monoisotopic (exact) mass is 228 g/mol. The van der Waals surface area contributed by atoms with Crippen molar-refractivity contribution in [2.75, 3.05) is 13.2 Å². The van der Waals surface area contributed by atoms with E-state index in [4.69, 9.17) is 16.3 Å². The lowest BCUT2D eigenvalue weighted by molar-refractivity contribution is -0.717. The molecule has 0 bridgehead atoms. The van der Waals surface area contributed by atoms with Crippen LogP contribution in [0.4, 0.5) is 0 Å². The van der Waals surface area contributed by atoms with Crippen LogP contribution in [0.3, 0.4) is 0 Å². The van der Waals surface area contributed by atoms with Gasteiger partial charge in [0.25, 0.3) is 0 Å². The summed E-state index contributed by atoms with van der Waals surface area (Å²) in [5.41, 5.74) is 0.267. The lowest BCUT2D eigenvalue weighted by Gasteiger charge is -2.16. The number of ether oxygens (including phenoxy) is 1. The van der Waals surface area contributed by atoms with Gasteiger partial charge in [-0.1, -0.05) is 11.6 Å². The molecule has 84 valence electrons. The van der Waals surface area contributed by atoms with Gasteiger partial charge in [-0.3, -0.25) is 0 Å². The van der Waals surface area contributed by atoms with Crippen LogP contribution in [0, 0.1) is 0 Å². The molecule has 2 N–H and O–H groups in total. The van der Waals surface area contributed by atoms with Crippen molar-refractivity contribution in [3.05, 3.63) is 29.3 Å². The summed E-state index contributed by atoms with van der Waals surface area (Å²) in [5.74, 6) is 0.877. The van der Waals surface area contributed by atoms with Gasteiger partial charge in [-0.15, -0.1) is 0 Å². The number of nitrogens with two attached hydrogens (primary N) is 1. The molecule has 0 amide bonds. The summed E-state index contributed by atoms with van der Waals surface area (Å²) in [5, 5.41) is 3.01. The zero-order valence-electron chi connectivity index (χ0n) is 9.59. The second-order valence-corrected chi connectivity index (χ2v) is 5.10. The van der Waals surface area contributed by atoms with Gasteiger partial charge in [-0.25, -0.2) is 0 Å². The highest BCUT2D eigenvalue weighted by molar-refractivity contribution is 6.30. The second-order valence-electron chi connectivity index (χ2n) is 4.66. The largest absolute Gasteiger partial charge is 0.488 e. The second kappa shape index (κ2) is 5.38. The van der Waals surface area contributed by atoms with Gasteiger partial charge < -0.3 is 10.1 Å². The van der Waals surface area contributed by atoms with Gasteiger partial charge in [-0.05, 0) is 45.0 Å². The van der Waals surface area contributed by atoms with E-state index < -0.39 is 0 Å². The maximum absolute atomic E-state index is 5.77. The highest BCUT2D eigenvalue weighted by atomic mass is 35.5. The van der Waals surface area contributed by atoms with Gasteiger partial charge >= 0.3 is 0 Å². The molecule has 0 aliphatic carbocycles. The Morgan fingerprint density at radius 3 is 2.33 bits per heavy atom. The van der Waals surface area contributed by atoms with E-state index in [0.717, 1.165) is 23.9 Å². The van der Waals surface area contributed by atoms with Gasteiger partial charge in [0.05, 0.1) is 5.54 Å². The highest BCUT2D eigenvalue weighted by Crippen LogP contribution is 2.14. The van der Waals surface area contributed by atoms with Crippen molar-refractivity contribution >= 4 is 11.6 Å². The summed E-state index contributed by atoms with van der Waals surface area (Å²) in [6, 6.07) is 7.45. The minimum Gasteiger partial charge on any atom is -0.488 e. The van der Waals surface area contributed by atoms with Crippen LogP contribution in [-0.2, 0) is 0 Å². The number of hydrogen-bond donors (Lipinski definition) is 1. The van der Waals surface area contributed by atoms with E-state index in [-0.39, 0.29) is 5.54 Å². The summed E-state index contributed by atoms with van der Waals surface area (Å²) in [7, 11) is 0. The lowest BCUT2D eigenvalue weighted by atomic mass is 10.1. The van der Waals surface area contributed by atoms with Crippen LogP contribution in [0.15, 0.2) is 24.3 Å². The minimum atomic E-state index is 0.267. The Morgan fingerprint density at radius 2 is 1.80 bits per heavy atom. The molecule has 1 rings (SSSR count). The molecule has 0 aromatic heterocycles. The van der Waals surface area contributed by atoms with Crippen LogP contribution in [-0.4, -0.2) is 18.7 Å². The predicted molar refractivity (Wildman–Crippen MR) is 63.5 cm³/mol. The Kier molecular flexibility index (Phi) is 4.43. The van der Waals surface area contributed by atoms with Crippen LogP contribution in [0.1, 0.15) is 20.8 Å². The standard InChI is InChI=1S/C12H18ClNO/c1-12(2,3)14-8-9-15-11-6-4-10(13)5-7-11/h4-7,14H,8-9H2,1-3H3/p+1. The molecular weight excluding hydrogens is 210 g/mol. The number of rotatable bonds is 4. The van der Waals surface area contributed by atoms with Crippen LogP contribution in [0.5, 0.6) is 5.75 Å². The molecule has 15 heavy (non-hydrogen) atoms. The highest BCUT2D eigenvalue weighted by Gasteiger charge is 2.11. The molecule has 0 saturated heterocycles. The molecule has 3 heteroatoms. The molecule has 0 atom stereocenters. The zero-order valence-corrected chi connectivity index (χ0v) is 10.3. The molecule has 1 aromatic carbocycles. The average Bonchev–Trinajstić information content (AvgIpc) is 2.14. The van der Waals surface area contributed by atoms with E-state index in [1.165, 1.54) is 0 Å². The van der Waals surface area contributed by atoms with Gasteiger partial charge in [0.2, 0.25) is 0 Å². The summed E-state index contributed by atoms with van der Waals surface area (Å²) in [6.45, 7) is 8.25. The molecule has 0 aliphatic rings. The maximum Gasteiger partial charge on any atom is 0.137 e. The third-order valence-corrected chi connectivity index (χ3v) is 2.21. The number of benzene rings is 1. The van der Waals surface area contributed by atoms with Crippen LogP contribution in [0.2, 0.25) is 5.02 Å². The Morgan fingerprint density at radius 1 is 1.20 bits per heavy atom. The minimum absolute atomic E-state index is 0.267. The molecular formula is C12H19ClNO+. The molecule has 0 fully saturated rings. The summed E-state index contributed by atoms with van der Waals surface area (Å²) < 4.78 is 5.57. The van der Waals surface area contributed by atoms with Crippen LogP contribution in [0.25, 0.3) is 0 Å². The Bertz CT molecular complexity index is 289. The summed E-state index contributed by atoms with van der Waals surface area (Å²) in [4.78, 5) is 0. The van der Waals surface area contributed by atoms with Crippen molar-refractivity contribution in [1.82, 2.24) is 0 Å². The molecule has 1 aromatic rings. The maximum atomic E-state index is 5.77. The fourth-order valence-electron chi connectivity index (χ4n) is 1.20. The number of halogens is 1. The van der Waals surface area contributed by atoms with Crippen molar-refractivity contribution in [2.45, 2.75) is 26.3 Å². The quantitative estimate of drug-likeness (QED) is 0.785. The normalized spacial score (nSPS) is 11.5. The van der Waals surface area contributed by atoms with Gasteiger partial charge in [0.15, 0.2) is 0 Å². The number of quaternary nitrogens is 1. The van der Waals surface area contributed by atoms with Crippen molar-refractivity contribution in [1.29, 1.82) is 0 Å². The van der Waals surface area contributed by atoms with Crippen molar-refractivity contribution in [3.63, 3.8) is 0 Å². The SMILES string of the molecule is CC(C)(C)[NH2+]CCOc1ccc(Cl)cc1. The van der Waals surface area contributed by atoms with Crippen LogP contribution >= 0.6 is 11.6 Å². The zero-order chi connectivity index (χ0) is 11.3. The van der Waals surface area contributed by atoms with Crippen molar-refractivity contribution in [2.24, 2.45) is 0 Å². The lowest BCUT2D eigenvalue weighted by Crippen LogP contribution is -2.95. The first kappa shape index (κ1) is 12.3. The summed E-state index contributed by atoms with van der Waals surface area (Å²) in [6.07, 6.45) is 0. The van der Waals surface area contributed by atoms with Gasteiger partial charge in [0, 0.05) is 5.02 Å². The molecule has 2 nitrogen and oxygen atoms in total. The number of hydrogen-bond acceptors (Lipinski definition) is 1. The molecule has 0 heterocycles. The Labute approximate surface area is 96.6 Å². The summed E-state index contributed by atoms with van der Waals surface area (Å²) >= 11 is 5.77. The smallest absolute Gasteiger partial charge is 0.137 e. The molecule has 0 spiro atoms. The average molecular weight is 229 g/mol. The molecule has 0 aliphatic heterocycles. The first-order valence-corrected chi connectivity index (χ1v) is 5.58. The first-order valence-electron chi connectivity index (χ1n) is 5.20. The van der Waals surface area contributed by atoms with Crippen LogP contribution < -0.4 is 10.1 Å². The van der Waals surface area contributed by atoms with E-state index in [1.807, 2.05) is 24.3 Å².